The average molecular weight is 394 g/mol. The number of amides is 2. The Kier molecular flexibility index (Phi) is 5.04. The Bertz CT molecular complexity index is 995. The normalized spacial score (nSPS) is 15.4. The van der Waals surface area contributed by atoms with E-state index < -0.39 is 0 Å². The van der Waals surface area contributed by atoms with Crippen LogP contribution in [0.5, 0.6) is 0 Å². The van der Waals surface area contributed by atoms with Gasteiger partial charge < -0.3 is 15.1 Å². The first-order valence-electron chi connectivity index (χ1n) is 9.86. The van der Waals surface area contributed by atoms with E-state index in [1.807, 2.05) is 49.9 Å². The first kappa shape index (κ1) is 19.1. The summed E-state index contributed by atoms with van der Waals surface area (Å²) in [5.41, 5.74) is 1.37. The Morgan fingerprint density at radius 2 is 1.79 bits per heavy atom. The number of hydrogen-bond donors (Lipinski definition) is 1. The molecule has 4 heterocycles. The molecule has 29 heavy (non-hydrogen) atoms. The van der Waals surface area contributed by atoms with E-state index in [-0.39, 0.29) is 11.6 Å². The third kappa shape index (κ3) is 4.28. The van der Waals surface area contributed by atoms with E-state index in [4.69, 9.17) is 5.10 Å². The summed E-state index contributed by atoms with van der Waals surface area (Å²) < 4.78 is 1.76. The van der Waals surface area contributed by atoms with Gasteiger partial charge in [-0.05, 0) is 51.5 Å². The van der Waals surface area contributed by atoms with Crippen LogP contribution in [0.2, 0.25) is 0 Å². The number of nitrogens with one attached hydrogen (secondary N) is 1. The third-order valence-corrected chi connectivity index (χ3v) is 4.78. The number of hydrogen-bond acceptors (Lipinski definition) is 6. The lowest BCUT2D eigenvalue weighted by Gasteiger charge is -2.27. The van der Waals surface area contributed by atoms with Gasteiger partial charge in [0.2, 0.25) is 0 Å². The Hall–Kier alpha value is -3.23. The van der Waals surface area contributed by atoms with Gasteiger partial charge in [-0.25, -0.2) is 4.79 Å². The highest BCUT2D eigenvalue weighted by Crippen LogP contribution is 2.20. The first-order valence-corrected chi connectivity index (χ1v) is 9.86. The number of anilines is 1. The number of nitrogens with zero attached hydrogens (tertiary/aromatic N) is 7. The fourth-order valence-electron chi connectivity index (χ4n) is 3.38. The lowest BCUT2D eigenvalue weighted by atomic mass is 10.1. The van der Waals surface area contributed by atoms with Gasteiger partial charge in [0.1, 0.15) is 5.82 Å². The fraction of sp³-hybridized carbons (Fsp3) is 0.450. The number of pyridine rings is 1. The second-order valence-corrected chi connectivity index (χ2v) is 8.23. The summed E-state index contributed by atoms with van der Waals surface area (Å²) in [6, 6.07) is 7.66. The molecule has 3 aromatic rings. The van der Waals surface area contributed by atoms with Crippen molar-refractivity contribution in [2.45, 2.75) is 32.7 Å². The van der Waals surface area contributed by atoms with Crippen molar-refractivity contribution in [3.63, 3.8) is 0 Å². The zero-order chi connectivity index (χ0) is 20.4. The molecule has 1 aliphatic heterocycles. The summed E-state index contributed by atoms with van der Waals surface area (Å²) in [5, 5.41) is 16.3. The zero-order valence-electron chi connectivity index (χ0n) is 17.0. The second kappa shape index (κ2) is 7.65. The van der Waals surface area contributed by atoms with E-state index in [0.717, 1.165) is 37.4 Å². The Morgan fingerprint density at radius 3 is 2.55 bits per heavy atom. The molecule has 0 unspecified atom stereocenters. The van der Waals surface area contributed by atoms with Crippen LogP contribution in [-0.4, -0.2) is 67.4 Å². The molecule has 0 spiro atoms. The van der Waals surface area contributed by atoms with Gasteiger partial charge in [0, 0.05) is 49.7 Å². The summed E-state index contributed by atoms with van der Waals surface area (Å²) in [5.74, 6) is 1.54. The molecule has 9 heteroatoms. The summed E-state index contributed by atoms with van der Waals surface area (Å²) in [6.45, 7) is 8.93. The van der Waals surface area contributed by atoms with Crippen molar-refractivity contribution in [2.24, 2.45) is 0 Å². The van der Waals surface area contributed by atoms with Crippen LogP contribution in [0, 0.1) is 0 Å². The predicted molar refractivity (Wildman–Crippen MR) is 111 cm³/mol. The van der Waals surface area contributed by atoms with Crippen molar-refractivity contribution >= 4 is 17.5 Å². The van der Waals surface area contributed by atoms with Gasteiger partial charge in [-0.1, -0.05) is 0 Å². The highest BCUT2D eigenvalue weighted by Gasteiger charge is 2.23. The molecule has 0 saturated carbocycles. The Balaban J connectivity index is 1.53. The van der Waals surface area contributed by atoms with Gasteiger partial charge in [0.05, 0.1) is 0 Å². The SMILES string of the molecule is CC(C)(C)NC(=O)N1CCCN(c2ccc3nnc(-c4ccncc4)n3n2)CC1. The minimum atomic E-state index is -0.243. The quantitative estimate of drug-likeness (QED) is 0.717. The summed E-state index contributed by atoms with van der Waals surface area (Å²) in [7, 11) is 0. The number of fused-ring (bicyclic) bond motifs is 1. The molecule has 1 saturated heterocycles. The number of rotatable bonds is 2. The van der Waals surface area contributed by atoms with Gasteiger partial charge >= 0.3 is 6.03 Å². The minimum Gasteiger partial charge on any atom is -0.353 e. The van der Waals surface area contributed by atoms with Crippen LogP contribution in [0.15, 0.2) is 36.7 Å². The van der Waals surface area contributed by atoms with Crippen LogP contribution in [0.25, 0.3) is 17.0 Å². The van der Waals surface area contributed by atoms with Crippen LogP contribution in [0.3, 0.4) is 0 Å². The number of urea groups is 1. The molecule has 1 N–H and O–H groups in total. The third-order valence-electron chi connectivity index (χ3n) is 4.78. The van der Waals surface area contributed by atoms with Crippen molar-refractivity contribution in [2.75, 3.05) is 31.1 Å². The van der Waals surface area contributed by atoms with Crippen LogP contribution in [0.1, 0.15) is 27.2 Å². The molecule has 0 bridgehead atoms. The standard InChI is InChI=1S/C20H26N8O/c1-20(2,3)22-19(29)27-12-4-11-26(13-14-27)17-6-5-16-23-24-18(28(16)25-17)15-7-9-21-10-8-15/h5-10H,4,11-14H2,1-3H3,(H,22,29). The van der Waals surface area contributed by atoms with Crippen molar-refractivity contribution in [1.29, 1.82) is 0 Å². The molecule has 3 aromatic heterocycles. The molecular weight excluding hydrogens is 368 g/mol. The number of carbonyl (C=O) groups is 1. The summed E-state index contributed by atoms with van der Waals surface area (Å²) in [4.78, 5) is 20.7. The second-order valence-electron chi connectivity index (χ2n) is 8.23. The van der Waals surface area contributed by atoms with E-state index in [1.54, 1.807) is 16.9 Å². The van der Waals surface area contributed by atoms with Crippen molar-refractivity contribution in [3.8, 4) is 11.4 Å². The average Bonchev–Trinajstić information content (AvgIpc) is 2.95. The maximum absolute atomic E-state index is 12.5. The van der Waals surface area contributed by atoms with Gasteiger partial charge in [-0.3, -0.25) is 4.98 Å². The molecule has 1 fully saturated rings. The zero-order valence-corrected chi connectivity index (χ0v) is 17.0. The largest absolute Gasteiger partial charge is 0.353 e. The number of aromatic nitrogens is 5. The van der Waals surface area contributed by atoms with Gasteiger partial charge in [0.25, 0.3) is 0 Å². The molecule has 0 atom stereocenters. The fourth-order valence-corrected chi connectivity index (χ4v) is 3.38. The van der Waals surface area contributed by atoms with Gasteiger partial charge in [-0.15, -0.1) is 15.3 Å². The molecule has 152 valence electrons. The van der Waals surface area contributed by atoms with E-state index in [1.165, 1.54) is 0 Å². The van der Waals surface area contributed by atoms with Crippen molar-refractivity contribution in [3.05, 3.63) is 36.7 Å². The molecule has 0 aliphatic carbocycles. The molecule has 9 nitrogen and oxygen atoms in total. The van der Waals surface area contributed by atoms with Crippen molar-refractivity contribution < 1.29 is 4.79 Å². The van der Waals surface area contributed by atoms with Gasteiger partial charge in [-0.2, -0.15) is 4.52 Å². The first-order chi connectivity index (χ1) is 13.9. The minimum absolute atomic E-state index is 0.0125. The smallest absolute Gasteiger partial charge is 0.317 e. The van der Waals surface area contributed by atoms with Crippen molar-refractivity contribution in [1.82, 2.24) is 35.0 Å². The highest BCUT2D eigenvalue weighted by molar-refractivity contribution is 5.75. The predicted octanol–water partition coefficient (Wildman–Crippen LogP) is 2.21. The summed E-state index contributed by atoms with van der Waals surface area (Å²) in [6.07, 6.45) is 4.34. The van der Waals surface area contributed by atoms with Crippen LogP contribution in [-0.2, 0) is 0 Å². The monoisotopic (exact) mass is 394 g/mol. The van der Waals surface area contributed by atoms with E-state index in [9.17, 15) is 4.79 Å². The molecule has 1 aliphatic rings. The maximum Gasteiger partial charge on any atom is 0.317 e. The topological polar surface area (TPSA) is 91.5 Å². The van der Waals surface area contributed by atoms with Crippen LogP contribution >= 0.6 is 0 Å². The molecule has 0 aromatic carbocycles. The molecular formula is C20H26N8O. The highest BCUT2D eigenvalue weighted by atomic mass is 16.2. The Morgan fingerprint density at radius 1 is 1.00 bits per heavy atom. The molecule has 0 radical (unpaired) electrons. The molecule has 4 rings (SSSR count). The van der Waals surface area contributed by atoms with Crippen LogP contribution < -0.4 is 10.2 Å². The molecule has 2 amide bonds. The van der Waals surface area contributed by atoms with E-state index >= 15 is 0 Å². The van der Waals surface area contributed by atoms with E-state index in [2.05, 4.69) is 25.4 Å². The lowest BCUT2D eigenvalue weighted by Crippen LogP contribution is -2.49. The maximum atomic E-state index is 12.5. The van der Waals surface area contributed by atoms with Crippen LogP contribution in [0.4, 0.5) is 10.6 Å². The van der Waals surface area contributed by atoms with E-state index in [0.29, 0.717) is 18.0 Å². The number of carbonyl (C=O) groups excluding carboxylic acids is 1. The lowest BCUT2D eigenvalue weighted by molar-refractivity contribution is 0.192. The van der Waals surface area contributed by atoms with Gasteiger partial charge in [0.15, 0.2) is 11.5 Å². The Labute approximate surface area is 169 Å². The summed E-state index contributed by atoms with van der Waals surface area (Å²) >= 11 is 0.